The van der Waals surface area contributed by atoms with Gasteiger partial charge < -0.3 is 5.32 Å². The van der Waals surface area contributed by atoms with Gasteiger partial charge in [-0.1, -0.05) is 56.8 Å². The lowest BCUT2D eigenvalue weighted by atomic mass is 10.2. The molecule has 0 aliphatic carbocycles. The van der Waals surface area contributed by atoms with E-state index in [4.69, 9.17) is 23.2 Å². The van der Waals surface area contributed by atoms with E-state index in [-0.39, 0.29) is 21.5 Å². The molecule has 0 aromatic heterocycles. The van der Waals surface area contributed by atoms with Gasteiger partial charge in [-0.15, -0.1) is 0 Å². The number of likely N-dealkylation sites (N-methyl/N-ethyl adjacent to an activating group) is 1. The zero-order chi connectivity index (χ0) is 18.8. The third-order valence-electron chi connectivity index (χ3n) is 3.33. The fourth-order valence-electron chi connectivity index (χ4n) is 2.06. The second-order valence-corrected chi connectivity index (χ2v) is 9.09. The number of rotatable bonds is 5. The van der Waals surface area contributed by atoms with Gasteiger partial charge in [-0.2, -0.15) is 4.31 Å². The summed E-state index contributed by atoms with van der Waals surface area (Å²) in [5.74, 6) is -0.473. The summed E-state index contributed by atoms with van der Waals surface area (Å²) in [5.41, 5.74) is 1.64. The van der Waals surface area contributed by atoms with Gasteiger partial charge >= 0.3 is 0 Å². The average molecular weight is 466 g/mol. The molecule has 0 aliphatic heterocycles. The fraction of sp³-hybridized carbons (Fsp3) is 0.188. The largest absolute Gasteiger partial charge is 0.325 e. The van der Waals surface area contributed by atoms with Gasteiger partial charge in [0.05, 0.1) is 16.6 Å². The molecule has 0 heterocycles. The van der Waals surface area contributed by atoms with Gasteiger partial charge in [0.15, 0.2) is 0 Å². The van der Waals surface area contributed by atoms with Crippen molar-refractivity contribution in [1.29, 1.82) is 0 Å². The minimum absolute atomic E-state index is 0.0230. The minimum atomic E-state index is -4.02. The molecule has 2 aromatic rings. The molecule has 0 saturated heterocycles. The first-order valence-corrected chi connectivity index (χ1v) is 10.1. The van der Waals surface area contributed by atoms with Gasteiger partial charge in [0.25, 0.3) is 0 Å². The Bertz CT molecular complexity index is 879. The van der Waals surface area contributed by atoms with Crippen molar-refractivity contribution < 1.29 is 13.2 Å². The Hall–Kier alpha value is -1.12. The number of nitrogens with one attached hydrogen (secondary N) is 1. The van der Waals surface area contributed by atoms with Crippen LogP contribution in [0.15, 0.2) is 45.8 Å². The van der Waals surface area contributed by atoms with Crippen LogP contribution < -0.4 is 5.32 Å². The molecule has 0 unspecified atom stereocenters. The van der Waals surface area contributed by atoms with Crippen LogP contribution in [-0.4, -0.2) is 32.2 Å². The van der Waals surface area contributed by atoms with E-state index in [2.05, 4.69) is 21.2 Å². The average Bonchev–Trinajstić information content (AvgIpc) is 2.48. The fourth-order valence-corrected chi connectivity index (χ4v) is 5.06. The summed E-state index contributed by atoms with van der Waals surface area (Å²) in [6.45, 7) is 1.55. The Labute approximate surface area is 165 Å². The standard InChI is InChI=1S/C16H15BrCl2N2O3S/c1-10-3-5-12(6-4-10)20-15(22)9-21(2)25(23,24)16-13(18)7-11(17)8-14(16)19/h3-8H,9H2,1-2H3,(H,20,22). The van der Waals surface area contributed by atoms with E-state index in [0.717, 1.165) is 9.87 Å². The quantitative estimate of drug-likeness (QED) is 0.714. The summed E-state index contributed by atoms with van der Waals surface area (Å²) in [4.78, 5) is 11.9. The first-order valence-electron chi connectivity index (χ1n) is 7.08. The molecule has 2 rings (SSSR count). The lowest BCUT2D eigenvalue weighted by Crippen LogP contribution is -2.35. The molecule has 0 saturated carbocycles. The lowest BCUT2D eigenvalue weighted by Gasteiger charge is -2.18. The molecule has 5 nitrogen and oxygen atoms in total. The Morgan fingerprint density at radius 2 is 1.68 bits per heavy atom. The van der Waals surface area contributed by atoms with Gasteiger partial charge in [0.1, 0.15) is 4.90 Å². The summed E-state index contributed by atoms with van der Waals surface area (Å²) >= 11 is 15.2. The Morgan fingerprint density at radius 1 is 1.16 bits per heavy atom. The van der Waals surface area contributed by atoms with Crippen molar-refractivity contribution in [1.82, 2.24) is 4.31 Å². The zero-order valence-electron chi connectivity index (χ0n) is 13.4. The SMILES string of the molecule is Cc1ccc(NC(=O)CN(C)S(=O)(=O)c2c(Cl)cc(Br)cc2Cl)cc1. The molecule has 0 fully saturated rings. The molecule has 0 radical (unpaired) electrons. The number of amides is 1. The van der Waals surface area contributed by atoms with E-state index in [1.165, 1.54) is 19.2 Å². The highest BCUT2D eigenvalue weighted by Gasteiger charge is 2.28. The molecule has 2 aromatic carbocycles. The van der Waals surface area contributed by atoms with E-state index in [0.29, 0.717) is 10.2 Å². The molecular weight excluding hydrogens is 451 g/mol. The van der Waals surface area contributed by atoms with Gasteiger partial charge in [-0.05, 0) is 31.2 Å². The van der Waals surface area contributed by atoms with Gasteiger partial charge in [0.2, 0.25) is 15.9 Å². The summed E-state index contributed by atoms with van der Waals surface area (Å²) in [6, 6.07) is 10.0. The van der Waals surface area contributed by atoms with Gasteiger partial charge in [-0.3, -0.25) is 4.79 Å². The summed E-state index contributed by atoms with van der Waals surface area (Å²) in [7, 11) is -2.73. The minimum Gasteiger partial charge on any atom is -0.325 e. The zero-order valence-corrected chi connectivity index (χ0v) is 17.3. The normalized spacial score (nSPS) is 11.6. The molecule has 0 spiro atoms. The molecule has 0 aliphatic rings. The van der Waals surface area contributed by atoms with Gasteiger partial charge in [0, 0.05) is 17.2 Å². The summed E-state index contributed by atoms with van der Waals surface area (Å²) in [6.07, 6.45) is 0. The number of hydrogen-bond acceptors (Lipinski definition) is 3. The lowest BCUT2D eigenvalue weighted by molar-refractivity contribution is -0.116. The van der Waals surface area contributed by atoms with Crippen LogP contribution in [0.25, 0.3) is 0 Å². The van der Waals surface area contributed by atoms with E-state index in [9.17, 15) is 13.2 Å². The highest BCUT2D eigenvalue weighted by Crippen LogP contribution is 2.34. The van der Waals surface area contributed by atoms with Crippen LogP contribution in [-0.2, 0) is 14.8 Å². The van der Waals surface area contributed by atoms with E-state index in [1.54, 1.807) is 12.1 Å². The van der Waals surface area contributed by atoms with Crippen molar-refractivity contribution in [3.63, 3.8) is 0 Å². The molecule has 0 atom stereocenters. The number of carbonyl (C=O) groups excluding carboxylic acids is 1. The summed E-state index contributed by atoms with van der Waals surface area (Å²) < 4.78 is 26.8. The molecule has 134 valence electrons. The number of benzene rings is 2. The van der Waals surface area contributed by atoms with Crippen molar-refractivity contribution in [2.24, 2.45) is 0 Å². The van der Waals surface area contributed by atoms with Gasteiger partial charge in [-0.25, -0.2) is 8.42 Å². The van der Waals surface area contributed by atoms with Crippen molar-refractivity contribution >= 4 is 60.7 Å². The first-order chi connectivity index (χ1) is 11.6. The van der Waals surface area contributed by atoms with Crippen molar-refractivity contribution in [2.45, 2.75) is 11.8 Å². The van der Waals surface area contributed by atoms with Crippen molar-refractivity contribution in [3.8, 4) is 0 Å². The number of aryl methyl sites for hydroxylation is 1. The van der Waals surface area contributed by atoms with Crippen LogP contribution >= 0.6 is 39.1 Å². The number of carbonyl (C=O) groups is 1. The van der Waals surface area contributed by atoms with E-state index >= 15 is 0 Å². The number of anilines is 1. The molecule has 9 heteroatoms. The molecule has 1 amide bonds. The third kappa shape index (κ3) is 4.95. The second-order valence-electron chi connectivity index (χ2n) is 5.37. The third-order valence-corrected chi connectivity index (χ3v) is 6.52. The van der Waals surface area contributed by atoms with Crippen LogP contribution in [0.3, 0.4) is 0 Å². The van der Waals surface area contributed by atoms with E-state index < -0.39 is 15.9 Å². The highest BCUT2D eigenvalue weighted by molar-refractivity contribution is 9.10. The predicted octanol–water partition coefficient (Wildman–Crippen LogP) is 4.32. The second kappa shape index (κ2) is 8.05. The van der Waals surface area contributed by atoms with Crippen molar-refractivity contribution in [2.75, 3.05) is 18.9 Å². The first kappa shape index (κ1) is 20.2. The number of halogens is 3. The number of sulfonamides is 1. The monoisotopic (exact) mass is 464 g/mol. The van der Waals surface area contributed by atoms with Crippen LogP contribution in [0.2, 0.25) is 10.0 Å². The smallest absolute Gasteiger partial charge is 0.246 e. The van der Waals surface area contributed by atoms with Crippen LogP contribution in [0.4, 0.5) is 5.69 Å². The van der Waals surface area contributed by atoms with Crippen LogP contribution in [0, 0.1) is 6.92 Å². The Morgan fingerprint density at radius 3 is 2.20 bits per heavy atom. The summed E-state index contributed by atoms with van der Waals surface area (Å²) in [5, 5.41) is 2.60. The molecule has 0 bridgehead atoms. The molecular formula is C16H15BrCl2N2O3S. The molecule has 25 heavy (non-hydrogen) atoms. The highest BCUT2D eigenvalue weighted by atomic mass is 79.9. The predicted molar refractivity (Wildman–Crippen MR) is 104 cm³/mol. The Kier molecular flexibility index (Phi) is 6.51. The van der Waals surface area contributed by atoms with Crippen LogP contribution in [0.5, 0.6) is 0 Å². The number of hydrogen-bond donors (Lipinski definition) is 1. The molecule has 1 N–H and O–H groups in total. The van der Waals surface area contributed by atoms with E-state index in [1.807, 2.05) is 19.1 Å². The number of nitrogens with zero attached hydrogens (tertiary/aromatic N) is 1. The van der Waals surface area contributed by atoms with Crippen molar-refractivity contribution in [3.05, 3.63) is 56.5 Å². The van der Waals surface area contributed by atoms with Crippen LogP contribution in [0.1, 0.15) is 5.56 Å². The Balaban J connectivity index is 2.17. The maximum Gasteiger partial charge on any atom is 0.246 e. The topological polar surface area (TPSA) is 66.5 Å². The maximum atomic E-state index is 12.7. The maximum absolute atomic E-state index is 12.7.